The highest BCUT2D eigenvalue weighted by Crippen LogP contribution is 2.45. The molecule has 3 amide bonds. The molecular formula is C28H27N5O4S. The van der Waals surface area contributed by atoms with Crippen molar-refractivity contribution in [2.24, 2.45) is 0 Å². The van der Waals surface area contributed by atoms with Crippen molar-refractivity contribution in [1.82, 2.24) is 14.8 Å². The Morgan fingerprint density at radius 1 is 1.16 bits per heavy atom. The topological polar surface area (TPSA) is 118 Å². The molecule has 0 bridgehead atoms. The normalized spacial score (nSPS) is 20.2. The van der Waals surface area contributed by atoms with Gasteiger partial charge in [-0.1, -0.05) is 0 Å². The molecule has 0 spiro atoms. The number of amides is 3. The van der Waals surface area contributed by atoms with E-state index < -0.39 is 6.09 Å². The van der Waals surface area contributed by atoms with Crippen molar-refractivity contribution in [2.45, 2.75) is 51.1 Å². The van der Waals surface area contributed by atoms with Crippen LogP contribution in [0.25, 0.3) is 21.3 Å². The summed E-state index contributed by atoms with van der Waals surface area (Å²) in [4.78, 5) is 47.0. The molecule has 0 radical (unpaired) electrons. The van der Waals surface area contributed by atoms with Gasteiger partial charge in [-0.15, -0.1) is 11.3 Å². The first kappa shape index (κ1) is 24.4. The second-order valence-corrected chi connectivity index (χ2v) is 11.3. The minimum absolute atomic E-state index is 0.0697. The number of imide groups is 1. The molecule has 6 rings (SSSR count). The third-order valence-electron chi connectivity index (χ3n) is 7.94. The smallest absolute Gasteiger partial charge is 0.407 e. The molecule has 3 aliphatic heterocycles. The highest BCUT2D eigenvalue weighted by atomic mass is 32.1. The van der Waals surface area contributed by atoms with Crippen molar-refractivity contribution in [2.75, 3.05) is 24.5 Å². The van der Waals surface area contributed by atoms with Gasteiger partial charge in [-0.2, -0.15) is 5.26 Å². The summed E-state index contributed by atoms with van der Waals surface area (Å²) in [5.41, 5.74) is 5.42. The predicted octanol–water partition coefficient (Wildman–Crippen LogP) is 4.55. The molecule has 3 aromatic rings. The van der Waals surface area contributed by atoms with Gasteiger partial charge in [0.2, 0.25) is 11.8 Å². The van der Waals surface area contributed by atoms with E-state index in [4.69, 9.17) is 0 Å². The molecule has 1 N–H and O–H groups in total. The summed E-state index contributed by atoms with van der Waals surface area (Å²) in [6.45, 7) is 3.67. The fraction of sp³-hybridized carbons (Fsp3) is 0.393. The number of carboxylic acid groups (broad SMARTS) is 1. The summed E-state index contributed by atoms with van der Waals surface area (Å²) in [6.07, 6.45) is 3.91. The molecule has 2 fully saturated rings. The first-order valence-electron chi connectivity index (χ1n) is 12.9. The van der Waals surface area contributed by atoms with Crippen LogP contribution in [0.1, 0.15) is 54.7 Å². The quantitative estimate of drug-likeness (QED) is 0.493. The van der Waals surface area contributed by atoms with Crippen LogP contribution in [0, 0.1) is 11.3 Å². The number of likely N-dealkylation sites (tertiary alicyclic amines) is 2. The van der Waals surface area contributed by atoms with Gasteiger partial charge < -0.3 is 14.9 Å². The number of rotatable bonds is 4. The lowest BCUT2D eigenvalue weighted by atomic mass is 9.90. The van der Waals surface area contributed by atoms with Crippen LogP contribution in [-0.4, -0.2) is 63.5 Å². The molecule has 2 atom stereocenters. The van der Waals surface area contributed by atoms with E-state index in [9.17, 15) is 24.8 Å². The number of aromatic nitrogens is 1. The second kappa shape index (κ2) is 9.40. The molecule has 10 heteroatoms. The third-order valence-corrected chi connectivity index (χ3v) is 9.26. The molecule has 194 valence electrons. The average Bonchev–Trinajstić information content (AvgIpc) is 3.65. The Morgan fingerprint density at radius 2 is 1.95 bits per heavy atom. The maximum atomic E-state index is 12.4. The molecule has 3 aliphatic rings. The first-order chi connectivity index (χ1) is 18.4. The second-order valence-electron chi connectivity index (χ2n) is 10.2. The zero-order valence-electron chi connectivity index (χ0n) is 21.0. The van der Waals surface area contributed by atoms with Gasteiger partial charge in [0.15, 0.2) is 0 Å². The van der Waals surface area contributed by atoms with E-state index in [1.54, 1.807) is 6.20 Å². The SMILES string of the molecule is C[C@@H](c1cc2nccc(-c3cc(C#N)cc4c3N([C@@H]3CCN(C(=O)O)C3)CCC4)c2s1)N1C(=O)CCC1=O. The molecule has 5 heterocycles. The van der Waals surface area contributed by atoms with Crippen molar-refractivity contribution in [3.63, 3.8) is 0 Å². The zero-order chi connectivity index (χ0) is 26.6. The van der Waals surface area contributed by atoms with Gasteiger partial charge in [-0.25, -0.2) is 4.79 Å². The highest BCUT2D eigenvalue weighted by Gasteiger charge is 2.36. The van der Waals surface area contributed by atoms with Crippen LogP contribution in [-0.2, 0) is 16.0 Å². The number of hydrogen-bond donors (Lipinski definition) is 1. The molecular weight excluding hydrogens is 502 g/mol. The number of carbonyl (C=O) groups excluding carboxylic acids is 2. The van der Waals surface area contributed by atoms with E-state index in [0.29, 0.717) is 18.7 Å². The van der Waals surface area contributed by atoms with Crippen molar-refractivity contribution >= 4 is 45.1 Å². The summed E-state index contributed by atoms with van der Waals surface area (Å²) < 4.78 is 0.940. The van der Waals surface area contributed by atoms with E-state index in [0.717, 1.165) is 63.3 Å². The molecule has 1 aromatic carbocycles. The Balaban J connectivity index is 1.47. The molecule has 38 heavy (non-hydrogen) atoms. The van der Waals surface area contributed by atoms with Crippen LogP contribution in [0.5, 0.6) is 0 Å². The standard InChI is InChI=1S/C28H27N5O4S/c1-16(33-24(34)4-5-25(33)35)23-13-22-27(38-23)20(6-8-30-22)21-12-17(14-29)11-18-3-2-9-32(26(18)21)19-7-10-31(15-19)28(36)37/h6,8,11-13,16,19H,2-5,7,9-10,15H2,1H3,(H,36,37)/t16-,19+/m0/s1. The van der Waals surface area contributed by atoms with Crippen LogP contribution in [0.15, 0.2) is 30.5 Å². The fourth-order valence-corrected chi connectivity index (χ4v) is 7.29. The van der Waals surface area contributed by atoms with Crippen LogP contribution in [0.3, 0.4) is 0 Å². The number of anilines is 1. The lowest BCUT2D eigenvalue weighted by molar-refractivity contribution is -0.140. The Labute approximate surface area is 223 Å². The van der Waals surface area contributed by atoms with E-state index in [-0.39, 0.29) is 36.7 Å². The fourth-order valence-electron chi connectivity index (χ4n) is 6.11. The van der Waals surface area contributed by atoms with E-state index in [2.05, 4.69) is 16.0 Å². The maximum Gasteiger partial charge on any atom is 0.407 e. The molecule has 0 aliphatic carbocycles. The molecule has 9 nitrogen and oxygen atoms in total. The van der Waals surface area contributed by atoms with Gasteiger partial charge in [0.05, 0.1) is 27.9 Å². The number of pyridine rings is 1. The Bertz CT molecular complexity index is 1510. The summed E-state index contributed by atoms with van der Waals surface area (Å²) in [7, 11) is 0. The number of nitriles is 1. The monoisotopic (exact) mass is 529 g/mol. The van der Waals surface area contributed by atoms with Gasteiger partial charge in [0.1, 0.15) is 0 Å². The number of hydrogen-bond acceptors (Lipinski definition) is 7. The molecule has 2 saturated heterocycles. The number of nitrogens with zero attached hydrogens (tertiary/aromatic N) is 5. The summed E-state index contributed by atoms with van der Waals surface area (Å²) >= 11 is 1.52. The number of aryl methyl sites for hydroxylation is 1. The zero-order valence-corrected chi connectivity index (χ0v) is 21.8. The van der Waals surface area contributed by atoms with Crippen LogP contribution in [0.2, 0.25) is 0 Å². The van der Waals surface area contributed by atoms with Gasteiger partial charge >= 0.3 is 6.09 Å². The summed E-state index contributed by atoms with van der Waals surface area (Å²) in [5.74, 6) is -0.293. The first-order valence-corrected chi connectivity index (χ1v) is 13.7. The van der Waals surface area contributed by atoms with Crippen LogP contribution >= 0.6 is 11.3 Å². The van der Waals surface area contributed by atoms with Crippen molar-refractivity contribution < 1.29 is 19.5 Å². The summed E-state index contributed by atoms with van der Waals surface area (Å²) in [5, 5.41) is 19.4. The van der Waals surface area contributed by atoms with E-state index in [1.807, 2.05) is 31.2 Å². The number of benzene rings is 1. The number of fused-ring (bicyclic) bond motifs is 2. The van der Waals surface area contributed by atoms with Gasteiger partial charge in [-0.3, -0.25) is 19.5 Å². The average molecular weight is 530 g/mol. The van der Waals surface area contributed by atoms with Gasteiger partial charge in [-0.05, 0) is 56.0 Å². The largest absolute Gasteiger partial charge is 0.465 e. The molecule has 0 unspecified atom stereocenters. The molecule has 2 aromatic heterocycles. The Hall–Kier alpha value is -3.97. The minimum Gasteiger partial charge on any atom is -0.465 e. The third kappa shape index (κ3) is 3.98. The van der Waals surface area contributed by atoms with Crippen LogP contribution in [0.4, 0.5) is 10.5 Å². The van der Waals surface area contributed by atoms with Crippen molar-refractivity contribution in [3.8, 4) is 17.2 Å². The highest BCUT2D eigenvalue weighted by molar-refractivity contribution is 7.19. The minimum atomic E-state index is -0.893. The van der Waals surface area contributed by atoms with E-state index >= 15 is 0 Å². The predicted molar refractivity (Wildman–Crippen MR) is 143 cm³/mol. The van der Waals surface area contributed by atoms with Crippen molar-refractivity contribution in [3.05, 3.63) is 46.5 Å². The lowest BCUT2D eigenvalue weighted by Gasteiger charge is -2.38. The number of thiophene rings is 1. The van der Waals surface area contributed by atoms with E-state index in [1.165, 1.54) is 21.1 Å². The maximum absolute atomic E-state index is 12.4. The van der Waals surface area contributed by atoms with Gasteiger partial charge in [0.25, 0.3) is 0 Å². The lowest BCUT2D eigenvalue weighted by Crippen LogP contribution is -2.42. The van der Waals surface area contributed by atoms with Crippen molar-refractivity contribution in [1.29, 1.82) is 5.26 Å². The Kier molecular flexibility index (Phi) is 6.03. The summed E-state index contributed by atoms with van der Waals surface area (Å²) in [6, 6.07) is 9.80. The number of carbonyl (C=O) groups is 3. The molecule has 0 saturated carbocycles. The van der Waals surface area contributed by atoms with Gasteiger partial charge in [0, 0.05) is 66.4 Å². The Morgan fingerprint density at radius 3 is 2.66 bits per heavy atom. The van der Waals surface area contributed by atoms with Crippen LogP contribution < -0.4 is 4.90 Å².